The van der Waals surface area contributed by atoms with Gasteiger partial charge in [0.25, 0.3) is 0 Å². The van der Waals surface area contributed by atoms with Gasteiger partial charge in [-0.2, -0.15) is 0 Å². The number of hydrogen-bond acceptors (Lipinski definition) is 3. The molecule has 0 saturated carbocycles. The van der Waals surface area contributed by atoms with Crippen LogP contribution in [0.4, 0.5) is 0 Å². The summed E-state index contributed by atoms with van der Waals surface area (Å²) in [6.07, 6.45) is 6.11. The van der Waals surface area contributed by atoms with Gasteiger partial charge in [-0.15, -0.1) is 0 Å². The molecule has 2 rings (SSSR count). The molecule has 2 unspecified atom stereocenters. The van der Waals surface area contributed by atoms with Gasteiger partial charge in [-0.25, -0.2) is 0 Å². The van der Waals surface area contributed by atoms with Crippen LogP contribution in [0.3, 0.4) is 0 Å². The lowest BCUT2D eigenvalue weighted by atomic mass is 10.1. The van der Waals surface area contributed by atoms with Gasteiger partial charge in [-0.05, 0) is 18.6 Å². The van der Waals surface area contributed by atoms with Crippen LogP contribution in [0.15, 0.2) is 35.0 Å². The van der Waals surface area contributed by atoms with Gasteiger partial charge in [0.05, 0.1) is 18.7 Å². The van der Waals surface area contributed by atoms with Crippen molar-refractivity contribution in [1.82, 2.24) is 4.90 Å². The highest BCUT2D eigenvalue weighted by atomic mass is 16.3. The van der Waals surface area contributed by atoms with E-state index in [-0.39, 0.29) is 17.9 Å². The molecule has 0 aromatic carbocycles. The molecule has 0 radical (unpaired) electrons. The number of nitrogens with two attached hydrogens (primary N) is 1. The Labute approximate surface area is 94.7 Å². The molecule has 1 amide bonds. The van der Waals surface area contributed by atoms with E-state index in [1.165, 1.54) is 0 Å². The van der Waals surface area contributed by atoms with Crippen molar-refractivity contribution in [3.8, 4) is 0 Å². The van der Waals surface area contributed by atoms with Crippen LogP contribution in [0, 0.1) is 5.92 Å². The van der Waals surface area contributed by atoms with E-state index < -0.39 is 0 Å². The Kier molecular flexibility index (Phi) is 3.10. The van der Waals surface area contributed by atoms with Gasteiger partial charge >= 0.3 is 0 Å². The first-order valence-corrected chi connectivity index (χ1v) is 5.38. The van der Waals surface area contributed by atoms with E-state index in [0.29, 0.717) is 13.0 Å². The fourth-order valence-electron chi connectivity index (χ4n) is 1.91. The molecule has 1 aliphatic carbocycles. The lowest BCUT2D eigenvalue weighted by Gasteiger charge is -2.19. The predicted molar refractivity (Wildman–Crippen MR) is 60.4 cm³/mol. The normalized spacial score (nSPS) is 23.6. The Morgan fingerprint density at radius 1 is 1.62 bits per heavy atom. The number of carbonyl (C=O) groups is 1. The molecule has 4 heteroatoms. The first-order chi connectivity index (χ1) is 7.66. The summed E-state index contributed by atoms with van der Waals surface area (Å²) in [5.41, 5.74) is 5.72. The fraction of sp³-hybridized carbons (Fsp3) is 0.417. The zero-order chi connectivity index (χ0) is 11.5. The maximum Gasteiger partial charge on any atom is 0.229 e. The predicted octanol–water partition coefficient (Wildman–Crippen LogP) is 1.14. The van der Waals surface area contributed by atoms with Crippen molar-refractivity contribution in [2.75, 3.05) is 7.05 Å². The van der Waals surface area contributed by atoms with Crippen LogP contribution in [0.1, 0.15) is 12.2 Å². The Morgan fingerprint density at radius 2 is 2.44 bits per heavy atom. The molecule has 0 fully saturated rings. The van der Waals surface area contributed by atoms with Crippen LogP contribution in [-0.4, -0.2) is 23.9 Å². The van der Waals surface area contributed by atoms with Gasteiger partial charge in [-0.1, -0.05) is 12.2 Å². The van der Waals surface area contributed by atoms with E-state index >= 15 is 0 Å². The maximum absolute atomic E-state index is 12.0. The monoisotopic (exact) mass is 220 g/mol. The molecule has 0 saturated heterocycles. The zero-order valence-electron chi connectivity index (χ0n) is 9.30. The SMILES string of the molecule is CN(Cc1ccco1)C(=O)C1C=CC(N)C1. The van der Waals surface area contributed by atoms with Crippen molar-refractivity contribution >= 4 is 5.91 Å². The van der Waals surface area contributed by atoms with Crippen molar-refractivity contribution in [2.45, 2.75) is 19.0 Å². The second-order valence-electron chi connectivity index (χ2n) is 4.16. The highest BCUT2D eigenvalue weighted by molar-refractivity contribution is 5.80. The summed E-state index contributed by atoms with van der Waals surface area (Å²) in [7, 11) is 1.78. The van der Waals surface area contributed by atoms with Gasteiger partial charge in [0.1, 0.15) is 5.76 Å². The first-order valence-electron chi connectivity index (χ1n) is 5.38. The molecule has 1 aromatic rings. The van der Waals surface area contributed by atoms with E-state index in [0.717, 1.165) is 5.76 Å². The van der Waals surface area contributed by atoms with E-state index in [1.807, 2.05) is 24.3 Å². The van der Waals surface area contributed by atoms with Crippen LogP contribution in [0.25, 0.3) is 0 Å². The minimum absolute atomic E-state index is 0.0194. The lowest BCUT2D eigenvalue weighted by Crippen LogP contribution is -2.32. The molecule has 0 bridgehead atoms. The second-order valence-corrected chi connectivity index (χ2v) is 4.16. The van der Waals surface area contributed by atoms with Crippen LogP contribution < -0.4 is 5.73 Å². The summed E-state index contributed by atoms with van der Waals surface area (Å²) in [6.45, 7) is 0.505. The molecule has 1 heterocycles. The molecule has 1 aromatic heterocycles. The third-order valence-corrected chi connectivity index (χ3v) is 2.78. The van der Waals surface area contributed by atoms with E-state index in [9.17, 15) is 4.79 Å². The quantitative estimate of drug-likeness (QED) is 0.777. The smallest absolute Gasteiger partial charge is 0.229 e. The Bertz CT molecular complexity index is 384. The highest BCUT2D eigenvalue weighted by Crippen LogP contribution is 2.19. The van der Waals surface area contributed by atoms with Crippen molar-refractivity contribution in [1.29, 1.82) is 0 Å². The highest BCUT2D eigenvalue weighted by Gasteiger charge is 2.25. The minimum atomic E-state index is -0.0741. The Morgan fingerprint density at radius 3 is 3.00 bits per heavy atom. The molecular weight excluding hydrogens is 204 g/mol. The lowest BCUT2D eigenvalue weighted by molar-refractivity contribution is -0.133. The first kappa shape index (κ1) is 11.0. The second kappa shape index (κ2) is 4.53. The topological polar surface area (TPSA) is 59.5 Å². The van der Waals surface area contributed by atoms with Crippen molar-refractivity contribution in [3.63, 3.8) is 0 Å². The Hall–Kier alpha value is -1.55. The zero-order valence-corrected chi connectivity index (χ0v) is 9.30. The molecule has 86 valence electrons. The minimum Gasteiger partial charge on any atom is -0.467 e. The molecule has 0 aliphatic heterocycles. The molecule has 0 spiro atoms. The number of furan rings is 1. The summed E-state index contributed by atoms with van der Waals surface area (Å²) >= 11 is 0. The molecule has 4 nitrogen and oxygen atoms in total. The molecule has 16 heavy (non-hydrogen) atoms. The average molecular weight is 220 g/mol. The summed E-state index contributed by atoms with van der Waals surface area (Å²) in [6, 6.07) is 3.70. The molecule has 2 N–H and O–H groups in total. The third kappa shape index (κ3) is 2.33. The third-order valence-electron chi connectivity index (χ3n) is 2.78. The largest absolute Gasteiger partial charge is 0.467 e. The van der Waals surface area contributed by atoms with E-state index in [1.54, 1.807) is 18.2 Å². The molecular formula is C12H16N2O2. The van der Waals surface area contributed by atoms with E-state index in [4.69, 9.17) is 10.2 Å². The van der Waals surface area contributed by atoms with E-state index in [2.05, 4.69) is 0 Å². The van der Waals surface area contributed by atoms with Crippen molar-refractivity contribution in [2.24, 2.45) is 11.7 Å². The van der Waals surface area contributed by atoms with Gasteiger partial charge in [-0.3, -0.25) is 4.79 Å². The van der Waals surface area contributed by atoms with Crippen LogP contribution in [-0.2, 0) is 11.3 Å². The fourth-order valence-corrected chi connectivity index (χ4v) is 1.91. The Balaban J connectivity index is 1.92. The number of amides is 1. The van der Waals surface area contributed by atoms with Crippen LogP contribution in [0.2, 0.25) is 0 Å². The van der Waals surface area contributed by atoms with Crippen LogP contribution >= 0.6 is 0 Å². The summed E-state index contributed by atoms with van der Waals surface area (Å²) < 4.78 is 5.20. The number of hydrogen-bond donors (Lipinski definition) is 1. The van der Waals surface area contributed by atoms with Gasteiger partial charge in [0, 0.05) is 13.1 Å². The molecule has 2 atom stereocenters. The standard InChI is InChI=1S/C12H16N2O2/c1-14(8-11-3-2-6-16-11)12(15)9-4-5-10(13)7-9/h2-6,9-10H,7-8,13H2,1H3. The average Bonchev–Trinajstić information content (AvgIpc) is 2.88. The number of nitrogens with zero attached hydrogens (tertiary/aromatic N) is 1. The summed E-state index contributed by atoms with van der Waals surface area (Å²) in [5.74, 6) is 0.817. The maximum atomic E-state index is 12.0. The van der Waals surface area contributed by atoms with Crippen LogP contribution in [0.5, 0.6) is 0 Å². The van der Waals surface area contributed by atoms with Gasteiger partial charge in [0.2, 0.25) is 5.91 Å². The van der Waals surface area contributed by atoms with Crippen molar-refractivity contribution < 1.29 is 9.21 Å². The summed E-state index contributed by atoms with van der Waals surface area (Å²) in [4.78, 5) is 13.7. The summed E-state index contributed by atoms with van der Waals surface area (Å²) in [5, 5.41) is 0. The molecule has 1 aliphatic rings. The van der Waals surface area contributed by atoms with Crippen molar-refractivity contribution in [3.05, 3.63) is 36.3 Å². The van der Waals surface area contributed by atoms with Gasteiger partial charge < -0.3 is 15.1 Å². The number of carbonyl (C=O) groups excluding carboxylic acids is 1. The number of rotatable bonds is 3. The van der Waals surface area contributed by atoms with Gasteiger partial charge in [0.15, 0.2) is 0 Å².